The van der Waals surface area contributed by atoms with Crippen LogP contribution < -0.4 is 14.9 Å². The zero-order chi connectivity index (χ0) is 15.2. The highest BCUT2D eigenvalue weighted by atomic mass is 32.1. The fraction of sp³-hybridized carbons (Fsp3) is 0.167. The second-order valence-electron chi connectivity index (χ2n) is 3.74. The Hall–Kier alpha value is -2.68. The van der Waals surface area contributed by atoms with E-state index >= 15 is 0 Å². The summed E-state index contributed by atoms with van der Waals surface area (Å²) < 4.78 is 10.1. The third-order valence-corrected chi connectivity index (χ3v) is 3.16. The third-order valence-electron chi connectivity index (χ3n) is 2.48. The number of hydrogen-bond acceptors (Lipinski definition) is 8. The lowest BCUT2D eigenvalue weighted by Gasteiger charge is -2.08. The van der Waals surface area contributed by atoms with E-state index in [0.29, 0.717) is 10.7 Å². The molecule has 9 heteroatoms. The summed E-state index contributed by atoms with van der Waals surface area (Å²) in [6.45, 7) is 0. The van der Waals surface area contributed by atoms with Gasteiger partial charge in [-0.15, -0.1) is 11.3 Å². The molecular weight excluding hydrogens is 296 g/mol. The predicted molar refractivity (Wildman–Crippen MR) is 79.5 cm³/mol. The number of nitrogens with zero attached hydrogens (tertiary/aromatic N) is 3. The molecule has 110 valence electrons. The van der Waals surface area contributed by atoms with Crippen molar-refractivity contribution in [1.29, 1.82) is 0 Å². The molecule has 8 nitrogen and oxygen atoms in total. The molecule has 21 heavy (non-hydrogen) atoms. The zero-order valence-corrected chi connectivity index (χ0v) is 12.1. The summed E-state index contributed by atoms with van der Waals surface area (Å²) in [4.78, 5) is 14.5. The summed E-state index contributed by atoms with van der Waals surface area (Å²) in [5.74, 6) is 0.343. The molecule has 0 fully saturated rings. The van der Waals surface area contributed by atoms with E-state index in [1.165, 1.54) is 37.8 Å². The predicted octanol–water partition coefficient (Wildman–Crippen LogP) is 2.51. The molecular formula is C12H12N4O4S. The Morgan fingerprint density at radius 3 is 2.81 bits per heavy atom. The highest BCUT2D eigenvalue weighted by molar-refractivity contribution is 7.13. The molecule has 0 saturated heterocycles. The molecule has 0 aliphatic heterocycles. The van der Waals surface area contributed by atoms with Gasteiger partial charge in [0.2, 0.25) is 10.9 Å². The Balaban J connectivity index is 2.29. The molecule has 0 aliphatic rings. The maximum Gasteiger partial charge on any atom is 0.315 e. The van der Waals surface area contributed by atoms with Gasteiger partial charge in [-0.1, -0.05) is 0 Å². The Morgan fingerprint density at radius 2 is 2.24 bits per heavy atom. The van der Waals surface area contributed by atoms with Gasteiger partial charge in [0.1, 0.15) is 0 Å². The minimum absolute atomic E-state index is 0.0764. The van der Waals surface area contributed by atoms with Crippen LogP contribution in [0.5, 0.6) is 11.5 Å². The maximum atomic E-state index is 11.1. The van der Waals surface area contributed by atoms with Crippen molar-refractivity contribution >= 4 is 28.4 Å². The van der Waals surface area contributed by atoms with Crippen LogP contribution in [-0.2, 0) is 0 Å². The molecule has 0 unspecified atom stereocenters. The van der Waals surface area contributed by atoms with Crippen molar-refractivity contribution in [3.05, 3.63) is 39.4 Å². The van der Waals surface area contributed by atoms with Gasteiger partial charge >= 0.3 is 5.69 Å². The molecule has 1 aromatic carbocycles. The smallest absolute Gasteiger partial charge is 0.315 e. The zero-order valence-electron chi connectivity index (χ0n) is 11.3. The van der Waals surface area contributed by atoms with E-state index in [4.69, 9.17) is 9.47 Å². The first-order valence-electron chi connectivity index (χ1n) is 5.74. The lowest BCUT2D eigenvalue weighted by atomic mass is 10.2. The lowest BCUT2D eigenvalue weighted by Crippen LogP contribution is -1.99. The van der Waals surface area contributed by atoms with Crippen LogP contribution in [0, 0.1) is 10.1 Å². The van der Waals surface area contributed by atoms with Crippen LogP contribution in [0.15, 0.2) is 28.8 Å². The molecule has 1 N–H and O–H groups in total. The number of nitrogens with one attached hydrogen (secondary N) is 1. The van der Waals surface area contributed by atoms with Gasteiger partial charge in [0.05, 0.1) is 25.4 Å². The van der Waals surface area contributed by atoms with E-state index in [9.17, 15) is 10.1 Å². The van der Waals surface area contributed by atoms with Crippen LogP contribution >= 0.6 is 11.3 Å². The van der Waals surface area contributed by atoms with Gasteiger partial charge < -0.3 is 9.47 Å². The van der Waals surface area contributed by atoms with Gasteiger partial charge in [-0.2, -0.15) is 5.10 Å². The standard InChI is InChI=1S/C12H12N4O4S/c1-19-10-6-8(5-9(16(17)18)11(10)20-2)7-14-15-12-13-3-4-21-12/h3-7H,1-2H3,(H,13,15)/b14-7-. The van der Waals surface area contributed by atoms with Crippen LogP contribution in [0.4, 0.5) is 10.8 Å². The van der Waals surface area contributed by atoms with E-state index in [0.717, 1.165) is 0 Å². The Labute approximate surface area is 124 Å². The number of hydrogen-bond donors (Lipinski definition) is 1. The largest absolute Gasteiger partial charge is 0.493 e. The van der Waals surface area contributed by atoms with E-state index in [1.807, 2.05) is 0 Å². The third kappa shape index (κ3) is 3.45. The molecule has 0 saturated carbocycles. The van der Waals surface area contributed by atoms with Crippen molar-refractivity contribution in [3.63, 3.8) is 0 Å². The number of rotatable bonds is 6. The van der Waals surface area contributed by atoms with Crippen LogP contribution in [-0.4, -0.2) is 30.3 Å². The number of methoxy groups -OCH3 is 2. The number of thiazole rings is 1. The highest BCUT2D eigenvalue weighted by Gasteiger charge is 2.20. The Bertz CT molecular complexity index is 658. The SMILES string of the molecule is COc1cc(/C=N\Nc2nccs2)cc([N+](=O)[O-])c1OC. The molecule has 0 bridgehead atoms. The Kier molecular flexibility index (Phi) is 4.67. The fourth-order valence-electron chi connectivity index (χ4n) is 1.62. The molecule has 2 rings (SSSR count). The average Bonchev–Trinajstić information content (AvgIpc) is 2.99. The Morgan fingerprint density at radius 1 is 1.43 bits per heavy atom. The molecule has 0 amide bonds. The summed E-state index contributed by atoms with van der Waals surface area (Å²) in [6, 6.07) is 2.95. The topological polar surface area (TPSA) is 98.9 Å². The number of benzene rings is 1. The molecule has 2 aromatic rings. The van der Waals surface area contributed by atoms with Crippen LogP contribution in [0.2, 0.25) is 0 Å². The summed E-state index contributed by atoms with van der Waals surface area (Å²) in [6.07, 6.45) is 3.08. The molecule has 0 atom stereocenters. The van der Waals surface area contributed by atoms with Gasteiger partial charge in [-0.05, 0) is 6.07 Å². The number of nitro groups is 1. The first-order valence-corrected chi connectivity index (χ1v) is 6.62. The molecule has 1 aromatic heterocycles. The first-order chi connectivity index (χ1) is 10.2. The van der Waals surface area contributed by atoms with Gasteiger partial charge in [0.25, 0.3) is 0 Å². The minimum Gasteiger partial charge on any atom is -0.493 e. The van der Waals surface area contributed by atoms with E-state index < -0.39 is 4.92 Å². The first kappa shape index (κ1) is 14.7. The number of hydrazone groups is 1. The van der Waals surface area contributed by atoms with Gasteiger partial charge in [0, 0.05) is 23.2 Å². The maximum absolute atomic E-state index is 11.1. The molecule has 0 radical (unpaired) electrons. The van der Waals surface area contributed by atoms with E-state index in [1.54, 1.807) is 17.6 Å². The van der Waals surface area contributed by atoms with Gasteiger partial charge in [0.15, 0.2) is 5.75 Å². The highest BCUT2D eigenvalue weighted by Crippen LogP contribution is 2.37. The van der Waals surface area contributed by atoms with Crippen LogP contribution in [0.1, 0.15) is 5.56 Å². The second kappa shape index (κ2) is 6.66. The van der Waals surface area contributed by atoms with Crippen molar-refractivity contribution in [2.75, 3.05) is 19.6 Å². The lowest BCUT2D eigenvalue weighted by molar-refractivity contribution is -0.385. The van der Waals surface area contributed by atoms with Crippen molar-refractivity contribution in [3.8, 4) is 11.5 Å². The minimum atomic E-state index is -0.535. The van der Waals surface area contributed by atoms with Crippen molar-refractivity contribution in [1.82, 2.24) is 4.98 Å². The quantitative estimate of drug-likeness (QED) is 0.500. The summed E-state index contributed by atoms with van der Waals surface area (Å²) in [7, 11) is 2.76. The summed E-state index contributed by atoms with van der Waals surface area (Å²) in [5, 5.41) is 17.5. The summed E-state index contributed by atoms with van der Waals surface area (Å²) >= 11 is 1.39. The van der Waals surface area contributed by atoms with Gasteiger partial charge in [-0.25, -0.2) is 4.98 Å². The number of anilines is 1. The molecule has 1 heterocycles. The van der Waals surface area contributed by atoms with Crippen LogP contribution in [0.25, 0.3) is 0 Å². The number of nitro benzene ring substituents is 1. The summed E-state index contributed by atoms with van der Waals surface area (Å²) in [5.41, 5.74) is 3.04. The number of aromatic nitrogens is 1. The van der Waals surface area contributed by atoms with Crippen molar-refractivity contribution in [2.45, 2.75) is 0 Å². The normalized spacial score (nSPS) is 10.6. The van der Waals surface area contributed by atoms with E-state index in [-0.39, 0.29) is 17.2 Å². The van der Waals surface area contributed by atoms with Gasteiger partial charge in [-0.3, -0.25) is 15.5 Å². The number of ether oxygens (including phenoxy) is 2. The molecule has 0 spiro atoms. The van der Waals surface area contributed by atoms with Crippen molar-refractivity contribution in [2.24, 2.45) is 5.10 Å². The fourth-order valence-corrected chi connectivity index (χ4v) is 2.09. The second-order valence-corrected chi connectivity index (χ2v) is 4.63. The average molecular weight is 308 g/mol. The molecule has 0 aliphatic carbocycles. The van der Waals surface area contributed by atoms with E-state index in [2.05, 4.69) is 15.5 Å². The van der Waals surface area contributed by atoms with Crippen LogP contribution in [0.3, 0.4) is 0 Å². The monoisotopic (exact) mass is 308 g/mol. The van der Waals surface area contributed by atoms with Crippen molar-refractivity contribution < 1.29 is 14.4 Å².